The molecule has 0 aliphatic heterocycles. The van der Waals surface area contributed by atoms with Gasteiger partial charge in [-0.15, -0.1) is 0 Å². The molecule has 3 rings (SSSR count). The number of primary amides is 1. The molecule has 2 N–H and O–H groups in total. The van der Waals surface area contributed by atoms with E-state index >= 15 is 0 Å². The molecule has 0 saturated heterocycles. The standard InChI is InChI=1S/C21H17FN2O3/c22-16-10-12-17(13-11-16)24(21(23)26)20(25)18-8-4-5-9-19(18)27-14-15-6-2-1-3-7-15/h1-13H,14H2,(H2,23,26). The molecular weight excluding hydrogens is 347 g/mol. The van der Waals surface area contributed by atoms with Gasteiger partial charge in [-0.05, 0) is 42.0 Å². The number of hydrogen-bond acceptors (Lipinski definition) is 3. The second-order valence-corrected chi connectivity index (χ2v) is 5.73. The Morgan fingerprint density at radius 2 is 1.52 bits per heavy atom. The number of imide groups is 1. The van der Waals surface area contributed by atoms with Crippen molar-refractivity contribution in [3.8, 4) is 5.75 Å². The first-order valence-corrected chi connectivity index (χ1v) is 8.21. The summed E-state index contributed by atoms with van der Waals surface area (Å²) in [6, 6.07) is 20.0. The molecule has 0 fully saturated rings. The van der Waals surface area contributed by atoms with E-state index < -0.39 is 17.8 Å². The third-order valence-electron chi connectivity index (χ3n) is 3.86. The summed E-state index contributed by atoms with van der Waals surface area (Å²) >= 11 is 0. The van der Waals surface area contributed by atoms with Gasteiger partial charge >= 0.3 is 6.03 Å². The number of ether oxygens (including phenoxy) is 1. The van der Waals surface area contributed by atoms with Gasteiger partial charge < -0.3 is 10.5 Å². The van der Waals surface area contributed by atoms with E-state index in [0.717, 1.165) is 22.6 Å². The molecule has 0 bridgehead atoms. The van der Waals surface area contributed by atoms with Crippen LogP contribution >= 0.6 is 0 Å². The van der Waals surface area contributed by atoms with E-state index in [-0.39, 0.29) is 17.9 Å². The van der Waals surface area contributed by atoms with E-state index in [9.17, 15) is 14.0 Å². The maximum absolute atomic E-state index is 13.2. The van der Waals surface area contributed by atoms with Crippen LogP contribution in [0.5, 0.6) is 5.75 Å². The lowest BCUT2D eigenvalue weighted by molar-refractivity contribution is 0.0991. The first-order valence-electron chi connectivity index (χ1n) is 8.21. The average Bonchev–Trinajstić information content (AvgIpc) is 2.69. The number of anilines is 1. The van der Waals surface area contributed by atoms with Gasteiger partial charge in [0.1, 0.15) is 18.2 Å². The van der Waals surface area contributed by atoms with E-state index in [0.29, 0.717) is 5.75 Å². The molecule has 3 aromatic rings. The number of carbonyl (C=O) groups is 2. The minimum Gasteiger partial charge on any atom is -0.488 e. The molecule has 0 aromatic heterocycles. The summed E-state index contributed by atoms with van der Waals surface area (Å²) in [5.41, 5.74) is 6.68. The molecule has 136 valence electrons. The molecule has 0 aliphatic rings. The number of hydrogen-bond donors (Lipinski definition) is 1. The van der Waals surface area contributed by atoms with Gasteiger partial charge in [0.25, 0.3) is 5.91 Å². The number of rotatable bonds is 5. The van der Waals surface area contributed by atoms with Crippen molar-refractivity contribution in [1.82, 2.24) is 0 Å². The molecule has 5 nitrogen and oxygen atoms in total. The molecule has 27 heavy (non-hydrogen) atoms. The highest BCUT2D eigenvalue weighted by molar-refractivity contribution is 6.21. The van der Waals surface area contributed by atoms with Crippen molar-refractivity contribution >= 4 is 17.6 Å². The number of halogens is 1. The predicted molar refractivity (Wildman–Crippen MR) is 100 cm³/mol. The van der Waals surface area contributed by atoms with E-state index in [1.165, 1.54) is 12.1 Å². The summed E-state index contributed by atoms with van der Waals surface area (Å²) in [5.74, 6) is -0.820. The maximum Gasteiger partial charge on any atom is 0.326 e. The second kappa shape index (κ2) is 8.14. The van der Waals surface area contributed by atoms with Crippen molar-refractivity contribution in [2.75, 3.05) is 4.90 Å². The fraction of sp³-hybridized carbons (Fsp3) is 0.0476. The van der Waals surface area contributed by atoms with Crippen LogP contribution in [0.2, 0.25) is 0 Å². The van der Waals surface area contributed by atoms with Gasteiger partial charge in [0, 0.05) is 0 Å². The average molecular weight is 364 g/mol. The number of nitrogens with zero attached hydrogens (tertiary/aromatic N) is 1. The van der Waals surface area contributed by atoms with Gasteiger partial charge in [0.05, 0.1) is 11.3 Å². The second-order valence-electron chi connectivity index (χ2n) is 5.73. The summed E-state index contributed by atoms with van der Waals surface area (Å²) in [7, 11) is 0. The molecule has 0 atom stereocenters. The molecular formula is C21H17FN2O3. The number of urea groups is 1. The Morgan fingerprint density at radius 1 is 0.889 bits per heavy atom. The topological polar surface area (TPSA) is 72.6 Å². The minimum absolute atomic E-state index is 0.173. The zero-order chi connectivity index (χ0) is 19.2. The molecule has 0 radical (unpaired) electrons. The van der Waals surface area contributed by atoms with Gasteiger partial charge in [0.15, 0.2) is 0 Å². The van der Waals surface area contributed by atoms with Crippen molar-refractivity contribution in [3.63, 3.8) is 0 Å². The van der Waals surface area contributed by atoms with Gasteiger partial charge in [-0.25, -0.2) is 14.1 Å². The third kappa shape index (κ3) is 4.30. The van der Waals surface area contributed by atoms with E-state index in [1.54, 1.807) is 24.3 Å². The Morgan fingerprint density at radius 3 is 2.19 bits per heavy atom. The van der Waals surface area contributed by atoms with Crippen molar-refractivity contribution in [2.24, 2.45) is 5.73 Å². The Hall–Kier alpha value is -3.67. The molecule has 6 heteroatoms. The first-order chi connectivity index (χ1) is 13.1. The van der Waals surface area contributed by atoms with Crippen LogP contribution in [0, 0.1) is 5.82 Å². The molecule has 3 aromatic carbocycles. The third-order valence-corrected chi connectivity index (χ3v) is 3.86. The molecule has 0 saturated carbocycles. The van der Waals surface area contributed by atoms with Crippen molar-refractivity contribution < 1.29 is 18.7 Å². The smallest absolute Gasteiger partial charge is 0.326 e. The molecule has 0 aliphatic carbocycles. The van der Waals surface area contributed by atoms with Crippen LogP contribution in [0.15, 0.2) is 78.9 Å². The zero-order valence-electron chi connectivity index (χ0n) is 14.3. The fourth-order valence-corrected chi connectivity index (χ4v) is 2.56. The quantitative estimate of drug-likeness (QED) is 0.740. The summed E-state index contributed by atoms with van der Waals surface area (Å²) in [4.78, 5) is 25.6. The zero-order valence-corrected chi connectivity index (χ0v) is 14.3. The van der Waals surface area contributed by atoms with Crippen LogP contribution in [-0.4, -0.2) is 11.9 Å². The monoisotopic (exact) mass is 364 g/mol. The largest absolute Gasteiger partial charge is 0.488 e. The van der Waals surface area contributed by atoms with Crippen molar-refractivity contribution in [3.05, 3.63) is 95.8 Å². The number of carbonyl (C=O) groups excluding carboxylic acids is 2. The minimum atomic E-state index is -0.968. The van der Waals surface area contributed by atoms with Gasteiger partial charge in [-0.1, -0.05) is 42.5 Å². The SMILES string of the molecule is NC(=O)N(C(=O)c1ccccc1OCc1ccccc1)c1ccc(F)cc1. The van der Waals surface area contributed by atoms with Crippen LogP contribution < -0.4 is 15.4 Å². The van der Waals surface area contributed by atoms with E-state index in [1.807, 2.05) is 30.3 Å². The summed E-state index contributed by atoms with van der Waals surface area (Å²) in [6.45, 7) is 0.262. The van der Waals surface area contributed by atoms with Crippen LogP contribution in [0.25, 0.3) is 0 Å². The molecule has 3 amide bonds. The summed E-state index contributed by atoms with van der Waals surface area (Å²) < 4.78 is 18.9. The van der Waals surface area contributed by atoms with Crippen LogP contribution in [0.1, 0.15) is 15.9 Å². The highest BCUT2D eigenvalue weighted by Crippen LogP contribution is 2.24. The van der Waals surface area contributed by atoms with Gasteiger partial charge in [-0.2, -0.15) is 0 Å². The highest BCUT2D eigenvalue weighted by Gasteiger charge is 2.25. The summed E-state index contributed by atoms with van der Waals surface area (Å²) in [6.07, 6.45) is 0. The van der Waals surface area contributed by atoms with Gasteiger partial charge in [0.2, 0.25) is 0 Å². The van der Waals surface area contributed by atoms with Crippen LogP contribution in [0.4, 0.5) is 14.9 Å². The Kier molecular flexibility index (Phi) is 5.47. The Labute approximate surface area is 155 Å². The predicted octanol–water partition coefficient (Wildman–Crippen LogP) is 4.13. The molecule has 0 unspecified atom stereocenters. The lowest BCUT2D eigenvalue weighted by atomic mass is 10.1. The Balaban J connectivity index is 1.88. The maximum atomic E-state index is 13.2. The number of benzene rings is 3. The van der Waals surface area contributed by atoms with Crippen molar-refractivity contribution in [1.29, 1.82) is 0 Å². The lowest BCUT2D eigenvalue weighted by Crippen LogP contribution is -2.41. The van der Waals surface area contributed by atoms with E-state index in [2.05, 4.69) is 0 Å². The molecule has 0 spiro atoms. The van der Waals surface area contributed by atoms with Crippen molar-refractivity contribution in [2.45, 2.75) is 6.61 Å². The Bertz CT molecular complexity index is 943. The van der Waals surface area contributed by atoms with Crippen LogP contribution in [-0.2, 0) is 6.61 Å². The van der Waals surface area contributed by atoms with E-state index in [4.69, 9.17) is 10.5 Å². The highest BCUT2D eigenvalue weighted by atomic mass is 19.1. The fourth-order valence-electron chi connectivity index (χ4n) is 2.56. The summed E-state index contributed by atoms with van der Waals surface area (Å²) in [5, 5.41) is 0. The first kappa shape index (κ1) is 18.1. The van der Waals surface area contributed by atoms with Gasteiger partial charge in [-0.3, -0.25) is 4.79 Å². The number of nitrogens with two attached hydrogens (primary N) is 1. The molecule has 0 heterocycles. The lowest BCUT2D eigenvalue weighted by Gasteiger charge is -2.20. The normalized spacial score (nSPS) is 10.3. The number of para-hydroxylation sites is 1. The van der Waals surface area contributed by atoms with Crippen LogP contribution in [0.3, 0.4) is 0 Å². The number of amides is 3.